The van der Waals surface area contributed by atoms with Crippen molar-refractivity contribution in [3.63, 3.8) is 0 Å². The third-order valence-electron chi connectivity index (χ3n) is 4.41. The van der Waals surface area contributed by atoms with Gasteiger partial charge in [-0.3, -0.25) is 9.48 Å². The van der Waals surface area contributed by atoms with Gasteiger partial charge >= 0.3 is 5.97 Å². The number of rotatable bonds is 5. The highest BCUT2D eigenvalue weighted by Gasteiger charge is 2.42. The molecule has 0 radical (unpaired) electrons. The Balaban J connectivity index is 2.11. The third-order valence-corrected chi connectivity index (χ3v) is 4.41. The Labute approximate surface area is 118 Å². The molecule has 6 heteroatoms. The lowest BCUT2D eigenvalue weighted by atomic mass is 9.66. The lowest BCUT2D eigenvalue weighted by Gasteiger charge is -2.39. The van der Waals surface area contributed by atoms with Crippen molar-refractivity contribution >= 4 is 17.6 Å². The van der Waals surface area contributed by atoms with Crippen LogP contribution in [0.25, 0.3) is 0 Å². The molecule has 6 nitrogen and oxygen atoms in total. The number of aliphatic carboxylic acids is 1. The van der Waals surface area contributed by atoms with Crippen LogP contribution in [0.15, 0.2) is 12.4 Å². The Hall–Kier alpha value is -1.85. The number of hydrogen-bond acceptors (Lipinski definition) is 3. The SMILES string of the molecule is CCC1(C(=O)Nc2cnn(C(C)(C)C(=O)O)c2)CCC1. The van der Waals surface area contributed by atoms with Gasteiger partial charge in [0.25, 0.3) is 0 Å². The molecule has 0 aromatic carbocycles. The molecule has 110 valence electrons. The van der Waals surface area contributed by atoms with Gasteiger partial charge in [0.2, 0.25) is 5.91 Å². The van der Waals surface area contributed by atoms with E-state index in [0.29, 0.717) is 5.69 Å². The Morgan fingerprint density at radius 3 is 2.60 bits per heavy atom. The summed E-state index contributed by atoms with van der Waals surface area (Å²) in [6, 6.07) is 0. The van der Waals surface area contributed by atoms with Gasteiger partial charge in [-0.25, -0.2) is 4.79 Å². The molecule has 20 heavy (non-hydrogen) atoms. The van der Waals surface area contributed by atoms with Crippen molar-refractivity contribution < 1.29 is 14.7 Å². The van der Waals surface area contributed by atoms with Crippen LogP contribution in [0.5, 0.6) is 0 Å². The first-order chi connectivity index (χ1) is 9.32. The van der Waals surface area contributed by atoms with Gasteiger partial charge in [-0.1, -0.05) is 13.3 Å². The van der Waals surface area contributed by atoms with Gasteiger partial charge in [-0.2, -0.15) is 5.10 Å². The van der Waals surface area contributed by atoms with Crippen LogP contribution in [0, 0.1) is 5.41 Å². The smallest absolute Gasteiger partial charge is 0.331 e. The molecule has 0 spiro atoms. The minimum atomic E-state index is -1.14. The number of aromatic nitrogens is 2. The van der Waals surface area contributed by atoms with E-state index in [2.05, 4.69) is 10.4 Å². The van der Waals surface area contributed by atoms with Crippen molar-refractivity contribution in [2.75, 3.05) is 5.32 Å². The molecule has 0 atom stereocenters. The van der Waals surface area contributed by atoms with E-state index in [1.165, 1.54) is 10.9 Å². The van der Waals surface area contributed by atoms with Gasteiger partial charge < -0.3 is 10.4 Å². The highest BCUT2D eigenvalue weighted by Crippen LogP contribution is 2.44. The average molecular weight is 279 g/mol. The highest BCUT2D eigenvalue weighted by molar-refractivity contribution is 5.95. The molecular weight excluding hydrogens is 258 g/mol. The lowest BCUT2D eigenvalue weighted by Crippen LogP contribution is -2.41. The predicted molar refractivity (Wildman–Crippen MR) is 74.4 cm³/mol. The molecule has 1 aliphatic rings. The summed E-state index contributed by atoms with van der Waals surface area (Å²) >= 11 is 0. The fourth-order valence-corrected chi connectivity index (χ4v) is 2.40. The zero-order chi connectivity index (χ0) is 15.0. The van der Waals surface area contributed by atoms with E-state index in [1.807, 2.05) is 6.92 Å². The van der Waals surface area contributed by atoms with E-state index in [4.69, 9.17) is 5.11 Å². The van der Waals surface area contributed by atoms with Crippen LogP contribution in [-0.2, 0) is 15.1 Å². The number of anilines is 1. The molecule has 0 saturated heterocycles. The largest absolute Gasteiger partial charge is 0.479 e. The van der Waals surface area contributed by atoms with E-state index in [0.717, 1.165) is 25.7 Å². The number of nitrogens with one attached hydrogen (secondary N) is 1. The van der Waals surface area contributed by atoms with Crippen molar-refractivity contribution in [1.29, 1.82) is 0 Å². The molecule has 2 N–H and O–H groups in total. The molecule has 1 aliphatic carbocycles. The van der Waals surface area contributed by atoms with Crippen molar-refractivity contribution in [2.24, 2.45) is 5.41 Å². The van der Waals surface area contributed by atoms with Crippen molar-refractivity contribution in [3.05, 3.63) is 12.4 Å². The maximum absolute atomic E-state index is 12.3. The van der Waals surface area contributed by atoms with E-state index >= 15 is 0 Å². The summed E-state index contributed by atoms with van der Waals surface area (Å²) < 4.78 is 1.35. The summed E-state index contributed by atoms with van der Waals surface area (Å²) in [6.45, 7) is 5.15. The fourth-order valence-electron chi connectivity index (χ4n) is 2.40. The van der Waals surface area contributed by atoms with Gasteiger partial charge in [-0.15, -0.1) is 0 Å². The molecule has 0 unspecified atom stereocenters. The van der Waals surface area contributed by atoms with Crippen molar-refractivity contribution in [1.82, 2.24) is 9.78 Å². The number of amides is 1. The first-order valence-electron chi connectivity index (χ1n) is 6.92. The first-order valence-corrected chi connectivity index (χ1v) is 6.92. The molecule has 1 saturated carbocycles. The first kappa shape index (κ1) is 14.6. The molecule has 1 fully saturated rings. The topological polar surface area (TPSA) is 84.2 Å². The fraction of sp³-hybridized carbons (Fsp3) is 0.643. The molecule has 1 aromatic rings. The second kappa shape index (κ2) is 4.92. The van der Waals surface area contributed by atoms with Crippen molar-refractivity contribution in [3.8, 4) is 0 Å². The summed E-state index contributed by atoms with van der Waals surface area (Å²) in [4.78, 5) is 23.4. The van der Waals surface area contributed by atoms with Gasteiger partial charge in [0.1, 0.15) is 0 Å². The van der Waals surface area contributed by atoms with Crippen LogP contribution >= 0.6 is 0 Å². The van der Waals surface area contributed by atoms with Gasteiger partial charge in [-0.05, 0) is 33.1 Å². The number of carboxylic acid groups (broad SMARTS) is 1. The van der Waals surface area contributed by atoms with Crippen LogP contribution in [0.1, 0.15) is 46.5 Å². The molecule has 1 heterocycles. The Morgan fingerprint density at radius 2 is 2.15 bits per heavy atom. The average Bonchev–Trinajstić information content (AvgIpc) is 2.77. The maximum Gasteiger partial charge on any atom is 0.331 e. The van der Waals surface area contributed by atoms with E-state index in [-0.39, 0.29) is 11.3 Å². The molecule has 0 aliphatic heterocycles. The minimum Gasteiger partial charge on any atom is -0.479 e. The van der Waals surface area contributed by atoms with Crippen molar-refractivity contribution in [2.45, 2.75) is 52.0 Å². The summed E-state index contributed by atoms with van der Waals surface area (Å²) in [7, 11) is 0. The second-order valence-corrected chi connectivity index (χ2v) is 5.98. The van der Waals surface area contributed by atoms with Crippen LogP contribution in [0.2, 0.25) is 0 Å². The predicted octanol–water partition coefficient (Wildman–Crippen LogP) is 2.22. The summed E-state index contributed by atoms with van der Waals surface area (Å²) in [6.07, 6.45) is 6.81. The molecule has 1 aromatic heterocycles. The van der Waals surface area contributed by atoms with Crippen LogP contribution < -0.4 is 5.32 Å². The molecule has 2 rings (SSSR count). The number of carbonyl (C=O) groups is 2. The quantitative estimate of drug-likeness (QED) is 0.865. The van der Waals surface area contributed by atoms with Gasteiger partial charge in [0.15, 0.2) is 5.54 Å². The minimum absolute atomic E-state index is 0.0129. The van der Waals surface area contributed by atoms with Gasteiger partial charge in [0.05, 0.1) is 11.9 Å². The summed E-state index contributed by atoms with van der Waals surface area (Å²) in [5.41, 5.74) is -0.837. The Bertz CT molecular complexity index is 524. The zero-order valence-electron chi connectivity index (χ0n) is 12.1. The van der Waals surface area contributed by atoms with E-state index in [9.17, 15) is 9.59 Å². The normalized spacial score (nSPS) is 17.4. The van der Waals surface area contributed by atoms with Crippen LogP contribution in [0.3, 0.4) is 0 Å². The highest BCUT2D eigenvalue weighted by atomic mass is 16.4. The number of carbonyl (C=O) groups excluding carboxylic acids is 1. The van der Waals surface area contributed by atoms with E-state index in [1.54, 1.807) is 20.0 Å². The van der Waals surface area contributed by atoms with Gasteiger partial charge in [0, 0.05) is 11.6 Å². The second-order valence-electron chi connectivity index (χ2n) is 5.98. The monoisotopic (exact) mass is 279 g/mol. The zero-order valence-corrected chi connectivity index (χ0v) is 12.1. The summed E-state index contributed by atoms with van der Waals surface area (Å²) in [5.74, 6) is -0.957. The van der Waals surface area contributed by atoms with E-state index < -0.39 is 11.5 Å². The molecule has 0 bridgehead atoms. The molecular formula is C14H21N3O3. The Kier molecular flexibility index (Phi) is 3.58. The number of carboxylic acids is 1. The van der Waals surface area contributed by atoms with Crippen LogP contribution in [0.4, 0.5) is 5.69 Å². The Morgan fingerprint density at radius 1 is 1.50 bits per heavy atom. The molecule has 1 amide bonds. The summed E-state index contributed by atoms with van der Waals surface area (Å²) in [5, 5.41) is 16.0. The number of nitrogens with zero attached hydrogens (tertiary/aromatic N) is 2. The maximum atomic E-state index is 12.3. The standard InChI is InChI=1S/C14H21N3O3/c1-4-14(6-5-7-14)11(18)16-10-8-15-17(9-10)13(2,3)12(19)20/h8-9H,4-7H2,1-3H3,(H,16,18)(H,19,20). The van der Waals surface area contributed by atoms with Crippen LogP contribution in [-0.4, -0.2) is 26.8 Å². The third kappa shape index (κ3) is 2.30. The lowest BCUT2D eigenvalue weighted by molar-refractivity contribution is -0.146. The number of hydrogen-bond donors (Lipinski definition) is 2.